The van der Waals surface area contributed by atoms with E-state index in [1.165, 1.54) is 0 Å². The molecule has 12 nitrogen and oxygen atoms in total. The van der Waals surface area contributed by atoms with Gasteiger partial charge in [0.05, 0.1) is 35.6 Å². The quantitative estimate of drug-likeness (QED) is 0.0508. The average molecular weight is 947 g/mol. The Morgan fingerprint density at radius 1 is 0.609 bits per heavy atom. The fourth-order valence-corrected chi connectivity index (χ4v) is 8.35. The standard InChI is InChI=1S/C56H56ClN5O7/c1-55(2,68-52(63)38-67-47-30-28-46(29-31-47)62-49(40-24-26-42(57)27-25-40)37-51(62)60-44-16-10-6-11-17-44)32-33-56(3,4)69-54(65)58-34-35-66-53(64)41-22-20-39(21-23-41)48-36-50(59-43-14-8-5-9-15-43)61(48)45-18-12-7-13-19-45/h5-31,48-49H,32-38H2,1-4H3,(H,58,65)/b59-50+,60-51+. The fraction of sp³-hybridized carbons (Fsp3) is 0.268. The van der Waals surface area contributed by atoms with Crippen molar-refractivity contribution < 1.29 is 33.3 Å². The third kappa shape index (κ3) is 12.8. The number of para-hydroxylation sites is 3. The minimum Gasteiger partial charge on any atom is -0.482 e. The Labute approximate surface area is 408 Å². The van der Waals surface area contributed by atoms with Crippen LogP contribution in [0.1, 0.15) is 86.9 Å². The SMILES string of the molecule is CC(C)(CCC(C)(C)OC(=O)NCCOC(=O)c1ccc(C2C/C(=N\c3ccccc3)N2c2ccccc2)cc1)OC(=O)COc1ccc(N2/C(=N/c3ccccc3)CC2c2ccc(Cl)cc2)cc1. The third-order valence-corrected chi connectivity index (χ3v) is 12.2. The van der Waals surface area contributed by atoms with Gasteiger partial charge in [-0.15, -0.1) is 0 Å². The molecule has 2 heterocycles. The average Bonchev–Trinajstić information content (AvgIpc) is 3.33. The number of hydrogen-bond donors (Lipinski definition) is 1. The number of amides is 1. The van der Waals surface area contributed by atoms with Gasteiger partial charge >= 0.3 is 18.0 Å². The van der Waals surface area contributed by atoms with E-state index < -0.39 is 29.2 Å². The van der Waals surface area contributed by atoms with Crippen molar-refractivity contribution in [2.75, 3.05) is 29.6 Å². The van der Waals surface area contributed by atoms with Crippen LogP contribution in [0.25, 0.3) is 0 Å². The summed E-state index contributed by atoms with van der Waals surface area (Å²) in [5, 5.41) is 3.34. The van der Waals surface area contributed by atoms with Crippen molar-refractivity contribution in [2.45, 2.75) is 76.7 Å². The molecule has 0 spiro atoms. The zero-order chi connectivity index (χ0) is 48.4. The maximum atomic E-state index is 13.0. The number of nitrogens with one attached hydrogen (secondary N) is 1. The molecule has 1 amide bonds. The number of carbonyl (C=O) groups is 3. The molecule has 6 aromatic carbocycles. The number of hydrogen-bond acceptors (Lipinski definition) is 9. The zero-order valence-corrected chi connectivity index (χ0v) is 40.0. The molecule has 6 aromatic rings. The Balaban J connectivity index is 0.745. The summed E-state index contributed by atoms with van der Waals surface area (Å²) in [6, 6.07) is 52.8. The molecule has 0 saturated carbocycles. The molecule has 69 heavy (non-hydrogen) atoms. The van der Waals surface area contributed by atoms with Crippen molar-refractivity contribution in [2.24, 2.45) is 9.98 Å². The Hall–Kier alpha value is -7.44. The van der Waals surface area contributed by atoms with Gasteiger partial charge in [-0.25, -0.2) is 24.4 Å². The molecule has 1 N–H and O–H groups in total. The van der Waals surface area contributed by atoms with Gasteiger partial charge in [0.15, 0.2) is 6.61 Å². The monoisotopic (exact) mass is 945 g/mol. The number of nitrogens with zero attached hydrogens (tertiary/aromatic N) is 4. The Morgan fingerprint density at radius 2 is 1.09 bits per heavy atom. The fourth-order valence-electron chi connectivity index (χ4n) is 8.22. The van der Waals surface area contributed by atoms with Crippen molar-refractivity contribution in [1.29, 1.82) is 0 Å². The lowest BCUT2D eigenvalue weighted by Gasteiger charge is -2.44. The highest BCUT2D eigenvalue weighted by Crippen LogP contribution is 2.42. The molecule has 0 aromatic heterocycles. The molecule has 354 valence electrons. The van der Waals surface area contributed by atoms with E-state index in [1.807, 2.05) is 140 Å². The van der Waals surface area contributed by atoms with Crippen LogP contribution in [0.3, 0.4) is 0 Å². The van der Waals surface area contributed by atoms with E-state index in [2.05, 4.69) is 27.2 Å². The van der Waals surface area contributed by atoms with Crippen molar-refractivity contribution in [3.63, 3.8) is 0 Å². The van der Waals surface area contributed by atoms with Crippen LogP contribution in [0.4, 0.5) is 27.5 Å². The van der Waals surface area contributed by atoms with Gasteiger partial charge in [0.1, 0.15) is 35.2 Å². The summed E-state index contributed by atoms with van der Waals surface area (Å²) in [6.45, 7) is 6.93. The molecule has 13 heteroatoms. The van der Waals surface area contributed by atoms with Crippen LogP contribution >= 0.6 is 11.6 Å². The number of esters is 2. The normalized spacial score (nSPS) is 16.8. The van der Waals surface area contributed by atoms with E-state index in [0.29, 0.717) is 29.2 Å². The van der Waals surface area contributed by atoms with Gasteiger partial charge in [0.2, 0.25) is 0 Å². The first-order valence-corrected chi connectivity index (χ1v) is 23.5. The summed E-state index contributed by atoms with van der Waals surface area (Å²) in [5.74, 6) is 1.42. The molecule has 2 saturated heterocycles. The van der Waals surface area contributed by atoms with Gasteiger partial charge in [0, 0.05) is 29.2 Å². The molecular formula is C56H56ClN5O7. The predicted molar refractivity (Wildman–Crippen MR) is 271 cm³/mol. The Bertz CT molecular complexity index is 2750. The second-order valence-electron chi connectivity index (χ2n) is 18.1. The Morgan fingerprint density at radius 3 is 1.62 bits per heavy atom. The predicted octanol–water partition coefficient (Wildman–Crippen LogP) is 12.5. The lowest BCUT2D eigenvalue weighted by atomic mass is 9.91. The van der Waals surface area contributed by atoms with E-state index in [9.17, 15) is 14.4 Å². The van der Waals surface area contributed by atoms with Crippen LogP contribution in [0.15, 0.2) is 174 Å². The zero-order valence-electron chi connectivity index (χ0n) is 39.2. The number of ether oxygens (including phenoxy) is 4. The van der Waals surface area contributed by atoms with Crippen LogP contribution < -0.4 is 19.9 Å². The smallest absolute Gasteiger partial charge is 0.407 e. The van der Waals surface area contributed by atoms with Crippen LogP contribution in [-0.2, 0) is 19.0 Å². The molecule has 0 bridgehead atoms. The van der Waals surface area contributed by atoms with Gasteiger partial charge < -0.3 is 34.1 Å². The number of aliphatic imine (C=N–C) groups is 2. The van der Waals surface area contributed by atoms with Crippen molar-refractivity contribution in [3.8, 4) is 5.75 Å². The number of halogens is 1. The first-order valence-electron chi connectivity index (χ1n) is 23.1. The van der Waals surface area contributed by atoms with Gasteiger partial charge in [0.25, 0.3) is 0 Å². The molecule has 2 fully saturated rings. The number of alkyl carbamates (subject to hydrolysis) is 1. The molecule has 8 rings (SSSR count). The second-order valence-corrected chi connectivity index (χ2v) is 18.6. The number of carbonyl (C=O) groups excluding carboxylic acids is 3. The minimum atomic E-state index is -0.885. The summed E-state index contributed by atoms with van der Waals surface area (Å²) in [5.41, 5.74) is 4.61. The molecule has 2 aliphatic heterocycles. The Kier molecular flexibility index (Phi) is 15.1. The lowest BCUT2D eigenvalue weighted by Crippen LogP contribution is -2.46. The van der Waals surface area contributed by atoms with Crippen molar-refractivity contribution in [3.05, 3.63) is 186 Å². The number of benzene rings is 6. The molecule has 0 radical (unpaired) electrons. The van der Waals surface area contributed by atoms with Crippen LogP contribution in [0.5, 0.6) is 5.75 Å². The van der Waals surface area contributed by atoms with E-state index in [4.69, 9.17) is 40.5 Å². The van der Waals surface area contributed by atoms with Gasteiger partial charge in [-0.05, 0) is 137 Å². The first-order chi connectivity index (χ1) is 33.3. The van der Waals surface area contributed by atoms with Gasteiger partial charge in [-0.1, -0.05) is 90.5 Å². The minimum absolute atomic E-state index is 0.0389. The maximum absolute atomic E-state index is 13.0. The van der Waals surface area contributed by atoms with E-state index >= 15 is 0 Å². The first kappa shape index (κ1) is 48.0. The molecular weight excluding hydrogens is 890 g/mol. The van der Waals surface area contributed by atoms with Crippen molar-refractivity contribution >= 4 is 64.1 Å². The molecule has 2 unspecified atom stereocenters. The third-order valence-electron chi connectivity index (χ3n) is 11.9. The van der Waals surface area contributed by atoms with Gasteiger partial charge in [-0.3, -0.25) is 0 Å². The molecule has 2 aliphatic rings. The largest absolute Gasteiger partial charge is 0.482 e. The second kappa shape index (κ2) is 21.7. The number of anilines is 2. The summed E-state index contributed by atoms with van der Waals surface area (Å²) < 4.78 is 22.8. The highest BCUT2D eigenvalue weighted by atomic mass is 35.5. The highest BCUT2D eigenvalue weighted by molar-refractivity contribution is 6.30. The van der Waals surface area contributed by atoms with Gasteiger partial charge in [-0.2, -0.15) is 0 Å². The van der Waals surface area contributed by atoms with Crippen molar-refractivity contribution in [1.82, 2.24) is 5.32 Å². The summed E-state index contributed by atoms with van der Waals surface area (Å²) in [4.78, 5) is 52.8. The van der Waals surface area contributed by atoms with Crippen LogP contribution in [0, 0.1) is 0 Å². The van der Waals surface area contributed by atoms with E-state index in [1.54, 1.807) is 39.8 Å². The lowest BCUT2D eigenvalue weighted by molar-refractivity contribution is -0.160. The summed E-state index contributed by atoms with van der Waals surface area (Å²) in [7, 11) is 0. The number of amidine groups is 2. The number of rotatable bonds is 18. The van der Waals surface area contributed by atoms with Crippen LogP contribution in [-0.4, -0.2) is 60.7 Å². The molecule has 2 atom stereocenters. The van der Waals surface area contributed by atoms with E-state index in [0.717, 1.165) is 58.4 Å². The maximum Gasteiger partial charge on any atom is 0.407 e. The highest BCUT2D eigenvalue weighted by Gasteiger charge is 2.38. The topological polar surface area (TPSA) is 131 Å². The summed E-state index contributed by atoms with van der Waals surface area (Å²) in [6.07, 6.45) is 1.69. The molecule has 0 aliphatic carbocycles. The van der Waals surface area contributed by atoms with E-state index in [-0.39, 0.29) is 31.8 Å². The summed E-state index contributed by atoms with van der Waals surface area (Å²) >= 11 is 6.18. The van der Waals surface area contributed by atoms with Crippen LogP contribution in [0.2, 0.25) is 5.02 Å².